The van der Waals surface area contributed by atoms with Crippen LogP contribution in [0, 0.1) is 11.8 Å². The van der Waals surface area contributed by atoms with Crippen LogP contribution in [0.15, 0.2) is 0 Å². The largest absolute Gasteiger partial charge is 0.0530 e. The van der Waals surface area contributed by atoms with Gasteiger partial charge in [0.2, 0.25) is 0 Å². The molecule has 2 fully saturated rings. The second kappa shape index (κ2) is 1.75. The Morgan fingerprint density at radius 3 is 1.38 bits per heavy atom. The monoisotopic (exact) mass is 110 g/mol. The molecule has 0 N–H and O–H groups in total. The number of hydrogen-bond donors (Lipinski definition) is 0. The van der Waals surface area contributed by atoms with Gasteiger partial charge in [-0.25, -0.2) is 0 Å². The maximum atomic E-state index is 1.56. The minimum atomic E-state index is 1.18. The van der Waals surface area contributed by atoms with Gasteiger partial charge in [-0.15, -0.1) is 0 Å². The molecule has 2 rings (SSSR count). The highest BCUT2D eigenvalue weighted by atomic mass is 14.4. The van der Waals surface area contributed by atoms with Crippen molar-refractivity contribution < 1.29 is 0 Å². The van der Waals surface area contributed by atoms with Gasteiger partial charge in [0, 0.05) is 0 Å². The fraction of sp³-hybridized carbons (Fsp3) is 1.00. The summed E-state index contributed by atoms with van der Waals surface area (Å²) in [6.07, 6.45) is 9.30. The molecular weight excluding hydrogens is 96.1 g/mol. The fourth-order valence-electron chi connectivity index (χ4n) is 2.21. The van der Waals surface area contributed by atoms with Crippen molar-refractivity contribution in [1.82, 2.24) is 0 Å². The van der Waals surface area contributed by atoms with E-state index in [9.17, 15) is 0 Å². The molecule has 2 aliphatic carbocycles. The normalized spacial score (nSPS) is 45.0. The Balaban J connectivity index is 1.92. The van der Waals surface area contributed by atoms with Crippen LogP contribution in [0.2, 0.25) is 0 Å². The highest BCUT2D eigenvalue weighted by Crippen LogP contribution is 2.44. The van der Waals surface area contributed by atoms with E-state index in [1.165, 1.54) is 24.7 Å². The van der Waals surface area contributed by atoms with Crippen molar-refractivity contribution in [1.29, 1.82) is 0 Å². The van der Waals surface area contributed by atoms with Crippen LogP contribution in [-0.4, -0.2) is 0 Å². The van der Waals surface area contributed by atoms with Gasteiger partial charge in [-0.1, -0.05) is 25.7 Å². The molecular formula is C8H14. The Hall–Kier alpha value is 0. The van der Waals surface area contributed by atoms with Gasteiger partial charge in [0.25, 0.3) is 0 Å². The van der Waals surface area contributed by atoms with E-state index in [1.807, 2.05) is 0 Å². The topological polar surface area (TPSA) is 0 Å². The van der Waals surface area contributed by atoms with E-state index in [2.05, 4.69) is 0 Å². The molecule has 0 aromatic rings. The first-order valence-electron chi connectivity index (χ1n) is 3.97. The molecule has 2 saturated carbocycles. The van der Waals surface area contributed by atoms with Crippen LogP contribution in [0.3, 0.4) is 0 Å². The Morgan fingerprint density at radius 2 is 1.12 bits per heavy atom. The summed E-state index contributed by atoms with van der Waals surface area (Å²) in [4.78, 5) is 0. The van der Waals surface area contributed by atoms with Gasteiger partial charge in [-0.05, 0) is 24.7 Å². The van der Waals surface area contributed by atoms with Crippen molar-refractivity contribution in [3.63, 3.8) is 0 Å². The van der Waals surface area contributed by atoms with Gasteiger partial charge in [-0.2, -0.15) is 0 Å². The quantitative estimate of drug-likeness (QED) is 0.449. The van der Waals surface area contributed by atoms with Gasteiger partial charge in [0.15, 0.2) is 0 Å². The molecule has 2 aliphatic rings. The lowest BCUT2D eigenvalue weighted by Gasteiger charge is -2.40. The molecule has 46 valence electrons. The molecule has 0 bridgehead atoms. The minimum Gasteiger partial charge on any atom is -0.0530 e. The van der Waals surface area contributed by atoms with E-state index in [4.69, 9.17) is 0 Å². The highest BCUT2D eigenvalue weighted by molar-refractivity contribution is 4.83. The number of hydrogen-bond acceptors (Lipinski definition) is 0. The Bertz CT molecular complexity index is 74.0. The van der Waals surface area contributed by atoms with Gasteiger partial charge >= 0.3 is 0 Å². The van der Waals surface area contributed by atoms with Crippen molar-refractivity contribution in [2.24, 2.45) is 11.8 Å². The smallest absolute Gasteiger partial charge is 0.0386 e. The number of rotatable bonds is 0. The van der Waals surface area contributed by atoms with Crippen LogP contribution in [0.1, 0.15) is 38.5 Å². The molecule has 0 nitrogen and oxygen atoms in total. The number of fused-ring (bicyclic) bond motifs is 1. The van der Waals surface area contributed by atoms with Gasteiger partial charge in [-0.3, -0.25) is 0 Å². The summed E-state index contributed by atoms with van der Waals surface area (Å²) in [7, 11) is 0. The van der Waals surface area contributed by atoms with Crippen LogP contribution in [0.4, 0.5) is 0 Å². The first-order valence-corrected chi connectivity index (χ1v) is 3.97. The molecule has 0 aliphatic heterocycles. The maximum absolute atomic E-state index is 1.56. The van der Waals surface area contributed by atoms with Crippen LogP contribution in [-0.2, 0) is 0 Å². The molecule has 0 spiro atoms. The molecule has 0 aromatic carbocycles. The first-order chi connectivity index (χ1) is 3.97. The molecule has 8 heavy (non-hydrogen) atoms. The Labute approximate surface area is 51.3 Å². The van der Waals surface area contributed by atoms with Crippen molar-refractivity contribution in [3.05, 3.63) is 0 Å². The summed E-state index contributed by atoms with van der Waals surface area (Å²) in [5.74, 6) is 2.37. The predicted octanol–water partition coefficient (Wildman–Crippen LogP) is 2.59. The predicted molar refractivity (Wildman–Crippen MR) is 34.7 cm³/mol. The summed E-state index contributed by atoms with van der Waals surface area (Å²) in [5, 5.41) is 0. The zero-order valence-corrected chi connectivity index (χ0v) is 5.40. The van der Waals surface area contributed by atoms with Crippen LogP contribution in [0.5, 0.6) is 0 Å². The first kappa shape index (κ1) is 4.84. The van der Waals surface area contributed by atoms with Gasteiger partial charge < -0.3 is 0 Å². The van der Waals surface area contributed by atoms with E-state index < -0.39 is 0 Å². The summed E-state index contributed by atoms with van der Waals surface area (Å²) in [6, 6.07) is 0. The third kappa shape index (κ3) is 0.586. The second-order valence-electron chi connectivity index (χ2n) is 3.38. The average molecular weight is 110 g/mol. The van der Waals surface area contributed by atoms with Crippen molar-refractivity contribution in [3.8, 4) is 0 Å². The molecule has 0 heterocycles. The summed E-state index contributed by atoms with van der Waals surface area (Å²) < 4.78 is 0. The van der Waals surface area contributed by atoms with Crippen LogP contribution >= 0.6 is 0 Å². The van der Waals surface area contributed by atoms with Crippen LogP contribution in [0.25, 0.3) is 0 Å². The maximum Gasteiger partial charge on any atom is -0.0386 e. The zero-order chi connectivity index (χ0) is 5.40. The standard InChI is InChI=1S/C8H14/c1-2-4-8-6-5-7(8)3-1/h7-8H,1-6H2/t7-,8+. The lowest BCUT2D eigenvalue weighted by Crippen LogP contribution is -2.28. The fourth-order valence-corrected chi connectivity index (χ4v) is 2.21. The lowest BCUT2D eigenvalue weighted by atomic mass is 9.66. The molecule has 0 unspecified atom stereocenters. The Morgan fingerprint density at radius 1 is 0.625 bits per heavy atom. The molecule has 0 heteroatoms. The average Bonchev–Trinajstić information content (AvgIpc) is 1.72. The van der Waals surface area contributed by atoms with Gasteiger partial charge in [0.1, 0.15) is 0 Å². The van der Waals surface area contributed by atoms with Crippen molar-refractivity contribution in [2.75, 3.05) is 0 Å². The molecule has 0 amide bonds. The summed E-state index contributed by atoms with van der Waals surface area (Å²) in [5.41, 5.74) is 0. The SMILES string of the molecule is C1CC[C@H]2CC[C@H]2C1. The van der Waals surface area contributed by atoms with Crippen LogP contribution < -0.4 is 0 Å². The zero-order valence-electron chi connectivity index (χ0n) is 5.40. The highest BCUT2D eigenvalue weighted by Gasteiger charge is 2.31. The van der Waals surface area contributed by atoms with Crippen molar-refractivity contribution in [2.45, 2.75) is 38.5 Å². The lowest BCUT2D eigenvalue weighted by molar-refractivity contribution is 0.115. The molecule has 0 aromatic heterocycles. The second-order valence-corrected chi connectivity index (χ2v) is 3.38. The van der Waals surface area contributed by atoms with E-state index >= 15 is 0 Å². The minimum absolute atomic E-state index is 1.18. The summed E-state index contributed by atoms with van der Waals surface area (Å²) >= 11 is 0. The molecule has 0 radical (unpaired) electrons. The summed E-state index contributed by atoms with van der Waals surface area (Å²) in [6.45, 7) is 0. The molecule has 0 saturated heterocycles. The molecule has 2 atom stereocenters. The third-order valence-electron chi connectivity index (χ3n) is 2.97. The van der Waals surface area contributed by atoms with E-state index in [1.54, 1.807) is 25.7 Å². The van der Waals surface area contributed by atoms with Gasteiger partial charge in [0.05, 0.1) is 0 Å². The van der Waals surface area contributed by atoms with E-state index in [0.29, 0.717) is 0 Å². The van der Waals surface area contributed by atoms with Crippen molar-refractivity contribution >= 4 is 0 Å². The van der Waals surface area contributed by atoms with E-state index in [0.717, 1.165) is 0 Å². The third-order valence-corrected chi connectivity index (χ3v) is 2.97. The Kier molecular flexibility index (Phi) is 1.06. The van der Waals surface area contributed by atoms with E-state index in [-0.39, 0.29) is 0 Å².